The molecule has 0 atom stereocenters. The number of aromatic nitrogens is 4. The van der Waals surface area contributed by atoms with Crippen molar-refractivity contribution in [2.24, 2.45) is 0 Å². The van der Waals surface area contributed by atoms with Crippen LogP contribution >= 0.6 is 23.4 Å². The Bertz CT molecular complexity index is 1450. The van der Waals surface area contributed by atoms with Crippen molar-refractivity contribution in [1.82, 2.24) is 24.5 Å². The smallest absolute Gasteiger partial charge is 0.240 e. The third-order valence-corrected chi connectivity index (χ3v) is 7.42. The summed E-state index contributed by atoms with van der Waals surface area (Å²) in [4.78, 5) is 12.6. The maximum Gasteiger partial charge on any atom is 0.240 e. The molecule has 0 unspecified atom stereocenters. The molecule has 0 saturated carbocycles. The van der Waals surface area contributed by atoms with E-state index >= 15 is 0 Å². The van der Waals surface area contributed by atoms with Gasteiger partial charge in [-0.3, -0.25) is 4.79 Å². The van der Waals surface area contributed by atoms with E-state index < -0.39 is 10.0 Å². The second-order valence-electron chi connectivity index (χ2n) is 7.20. The fourth-order valence-electron chi connectivity index (χ4n) is 3.13. The number of halogens is 1. The van der Waals surface area contributed by atoms with Gasteiger partial charge in [0.25, 0.3) is 0 Å². The number of rotatable bonds is 10. The molecule has 2 aromatic heterocycles. The number of fused-ring (bicyclic) bond motifs is 1. The van der Waals surface area contributed by atoms with Gasteiger partial charge in [-0.1, -0.05) is 41.6 Å². The van der Waals surface area contributed by atoms with Gasteiger partial charge in [0, 0.05) is 18.0 Å². The first-order valence-corrected chi connectivity index (χ1v) is 13.2. The van der Waals surface area contributed by atoms with Gasteiger partial charge in [0.15, 0.2) is 11.5 Å². The second-order valence-corrected chi connectivity index (χ2v) is 10.4. The predicted molar refractivity (Wildman–Crippen MR) is 133 cm³/mol. The van der Waals surface area contributed by atoms with E-state index in [4.69, 9.17) is 16.3 Å². The van der Waals surface area contributed by atoms with Crippen LogP contribution in [0.1, 0.15) is 5.82 Å². The van der Waals surface area contributed by atoms with Gasteiger partial charge < -0.3 is 10.1 Å². The van der Waals surface area contributed by atoms with Crippen molar-refractivity contribution >= 4 is 50.6 Å². The van der Waals surface area contributed by atoms with Gasteiger partial charge in [-0.2, -0.15) is 9.61 Å². The minimum Gasteiger partial charge on any atom is -0.495 e. The third kappa shape index (κ3) is 6.28. The lowest BCUT2D eigenvalue weighted by molar-refractivity contribution is -0.113. The summed E-state index contributed by atoms with van der Waals surface area (Å²) >= 11 is 7.24. The van der Waals surface area contributed by atoms with E-state index in [1.165, 1.54) is 35.5 Å². The number of amides is 1. The van der Waals surface area contributed by atoms with Crippen LogP contribution in [0.3, 0.4) is 0 Å². The molecule has 10 nitrogen and oxygen atoms in total. The number of hydrogen-bond donors (Lipinski definition) is 2. The number of anilines is 1. The minimum atomic E-state index is -3.62. The molecule has 0 aliphatic carbocycles. The zero-order valence-corrected chi connectivity index (χ0v) is 20.9. The number of carbonyl (C=O) groups excluding carboxylic acids is 1. The highest BCUT2D eigenvalue weighted by Gasteiger charge is 2.15. The van der Waals surface area contributed by atoms with E-state index in [2.05, 4.69) is 25.3 Å². The van der Waals surface area contributed by atoms with Crippen LogP contribution in [0.15, 0.2) is 70.6 Å². The van der Waals surface area contributed by atoms with Crippen molar-refractivity contribution in [3.63, 3.8) is 0 Å². The minimum absolute atomic E-state index is 0.0997. The van der Waals surface area contributed by atoms with Gasteiger partial charge in [0.05, 0.1) is 23.4 Å². The van der Waals surface area contributed by atoms with E-state index in [1.807, 2.05) is 0 Å². The van der Waals surface area contributed by atoms with Gasteiger partial charge in [-0.05, 0) is 42.5 Å². The van der Waals surface area contributed by atoms with Gasteiger partial charge in [0.1, 0.15) is 10.8 Å². The highest BCUT2D eigenvalue weighted by atomic mass is 35.5. The number of hydrogen-bond acceptors (Lipinski definition) is 8. The molecule has 4 aromatic rings. The van der Waals surface area contributed by atoms with E-state index in [9.17, 15) is 13.2 Å². The highest BCUT2D eigenvalue weighted by Crippen LogP contribution is 2.28. The Morgan fingerprint density at radius 3 is 2.69 bits per heavy atom. The number of sulfonamides is 1. The maximum atomic E-state index is 12.4. The third-order valence-electron chi connectivity index (χ3n) is 4.78. The van der Waals surface area contributed by atoms with Crippen LogP contribution in [0, 0.1) is 0 Å². The molecule has 0 radical (unpaired) electrons. The molecule has 2 heterocycles. The van der Waals surface area contributed by atoms with Crippen molar-refractivity contribution in [2.45, 2.75) is 16.3 Å². The van der Waals surface area contributed by atoms with Gasteiger partial charge in [-0.15, -0.1) is 10.2 Å². The molecule has 35 heavy (non-hydrogen) atoms. The van der Waals surface area contributed by atoms with Crippen molar-refractivity contribution in [3.8, 4) is 5.75 Å². The summed E-state index contributed by atoms with van der Waals surface area (Å²) in [7, 11) is -2.11. The zero-order chi connectivity index (χ0) is 24.8. The lowest BCUT2D eigenvalue weighted by Crippen LogP contribution is -2.26. The second kappa shape index (κ2) is 11.0. The molecule has 0 aliphatic rings. The monoisotopic (exact) mass is 532 g/mol. The topological polar surface area (TPSA) is 128 Å². The molecular formula is C22H21ClN6O4S2. The summed E-state index contributed by atoms with van der Waals surface area (Å²) in [6.07, 6.45) is 0.281. The molecule has 2 N–H and O–H groups in total. The van der Waals surface area contributed by atoms with Crippen molar-refractivity contribution < 1.29 is 17.9 Å². The summed E-state index contributed by atoms with van der Waals surface area (Å²) in [6.45, 7) is 0.126. The molecule has 0 saturated heterocycles. The first-order valence-electron chi connectivity index (χ1n) is 10.4. The number of ether oxygens (including phenoxy) is 1. The fourth-order valence-corrected chi connectivity index (χ4v) is 5.01. The molecule has 1 amide bonds. The Hall–Kier alpha value is -3.19. The standard InChI is InChI=1S/C22H21ClN6O4S2/c1-33-18-8-7-15(23)13-17(18)25-21(30)14-34-22-10-9-19-26-27-20(29(19)28-22)11-12-24-35(31,32)16-5-3-2-4-6-16/h2-10,13,24H,11-12,14H2,1H3,(H,25,30). The van der Waals surface area contributed by atoms with E-state index in [0.29, 0.717) is 33.0 Å². The summed E-state index contributed by atoms with van der Waals surface area (Å²) in [5, 5.41) is 16.5. The first-order chi connectivity index (χ1) is 16.9. The molecule has 2 aromatic carbocycles. The average molecular weight is 533 g/mol. The van der Waals surface area contributed by atoms with E-state index in [-0.39, 0.29) is 29.5 Å². The van der Waals surface area contributed by atoms with Crippen molar-refractivity contribution in [2.75, 3.05) is 24.7 Å². The van der Waals surface area contributed by atoms with Crippen molar-refractivity contribution in [3.05, 3.63) is 71.5 Å². The van der Waals surface area contributed by atoms with Gasteiger partial charge in [0.2, 0.25) is 15.9 Å². The molecule has 0 bridgehead atoms. The number of nitrogens with one attached hydrogen (secondary N) is 2. The normalized spacial score (nSPS) is 11.5. The zero-order valence-electron chi connectivity index (χ0n) is 18.5. The molecular weight excluding hydrogens is 512 g/mol. The first kappa shape index (κ1) is 24.9. The Kier molecular flexibility index (Phi) is 7.86. The summed E-state index contributed by atoms with van der Waals surface area (Å²) in [5.74, 6) is 0.843. The Morgan fingerprint density at radius 2 is 1.91 bits per heavy atom. The van der Waals surface area contributed by atoms with Crippen LogP contribution < -0.4 is 14.8 Å². The number of thioether (sulfide) groups is 1. The SMILES string of the molecule is COc1ccc(Cl)cc1NC(=O)CSc1ccc2nnc(CCNS(=O)(=O)c3ccccc3)n2n1. The van der Waals surface area contributed by atoms with Crippen LogP contribution in [0.5, 0.6) is 5.75 Å². The Labute approximate surface area is 211 Å². The molecule has 0 spiro atoms. The fraction of sp³-hybridized carbons (Fsp3) is 0.182. The maximum absolute atomic E-state index is 12.4. The van der Waals surface area contributed by atoms with Crippen LogP contribution in [0.2, 0.25) is 5.02 Å². The van der Waals surface area contributed by atoms with Gasteiger partial charge >= 0.3 is 0 Å². The van der Waals surface area contributed by atoms with Crippen LogP contribution in [0.4, 0.5) is 5.69 Å². The van der Waals surface area contributed by atoms with Gasteiger partial charge in [-0.25, -0.2) is 13.1 Å². The van der Waals surface area contributed by atoms with Crippen LogP contribution in [-0.2, 0) is 21.2 Å². The van der Waals surface area contributed by atoms with Crippen molar-refractivity contribution in [1.29, 1.82) is 0 Å². The Balaban J connectivity index is 1.37. The van der Waals surface area contributed by atoms with Crippen LogP contribution in [0.25, 0.3) is 5.65 Å². The summed E-state index contributed by atoms with van der Waals surface area (Å²) in [5.41, 5.74) is 0.997. The summed E-state index contributed by atoms with van der Waals surface area (Å²) in [6, 6.07) is 16.6. The lowest BCUT2D eigenvalue weighted by atomic mass is 10.3. The number of nitrogens with zero attached hydrogens (tertiary/aromatic N) is 4. The average Bonchev–Trinajstić information content (AvgIpc) is 3.25. The number of benzene rings is 2. The van der Waals surface area contributed by atoms with E-state index in [1.54, 1.807) is 48.5 Å². The molecule has 13 heteroatoms. The van der Waals surface area contributed by atoms with Crippen LogP contribution in [-0.4, -0.2) is 53.5 Å². The predicted octanol–water partition coefficient (Wildman–Crippen LogP) is 3.04. The lowest BCUT2D eigenvalue weighted by Gasteiger charge is -2.10. The highest BCUT2D eigenvalue weighted by molar-refractivity contribution is 7.99. The number of carbonyl (C=O) groups is 1. The molecule has 4 rings (SSSR count). The summed E-state index contributed by atoms with van der Waals surface area (Å²) < 4.78 is 34.1. The number of methoxy groups -OCH3 is 1. The molecule has 0 aliphatic heterocycles. The van der Waals surface area contributed by atoms with E-state index in [0.717, 1.165) is 0 Å². The quantitative estimate of drug-likeness (QED) is 0.298. The Morgan fingerprint density at radius 1 is 1.11 bits per heavy atom. The molecule has 0 fully saturated rings. The largest absolute Gasteiger partial charge is 0.495 e. The molecule has 182 valence electrons.